The molecule has 0 spiro atoms. The van der Waals surface area contributed by atoms with Crippen LogP contribution in [0.2, 0.25) is 0 Å². The summed E-state index contributed by atoms with van der Waals surface area (Å²) < 4.78 is 21.1. The SMILES string of the molecule is CCOC(=O)c1cccc2c(-c3ccc(C(=O)OCC)c4c(C(=O)OCC)cccc34)ccc(C(=O)OCC)c12. The predicted octanol–water partition coefficient (Wildman–Crippen LogP) is 6.37. The Kier molecular flexibility index (Phi) is 8.79. The molecule has 0 aliphatic carbocycles. The second kappa shape index (κ2) is 12.4. The molecule has 0 fully saturated rings. The third-order valence-corrected chi connectivity index (χ3v) is 6.35. The van der Waals surface area contributed by atoms with Crippen molar-refractivity contribution in [1.82, 2.24) is 0 Å². The maximum atomic E-state index is 12.9. The predicted molar refractivity (Wildman–Crippen MR) is 151 cm³/mol. The quantitative estimate of drug-likeness (QED) is 0.178. The van der Waals surface area contributed by atoms with E-state index in [9.17, 15) is 19.2 Å². The third kappa shape index (κ3) is 5.25. The first-order valence-electron chi connectivity index (χ1n) is 13.2. The molecule has 8 nitrogen and oxygen atoms in total. The van der Waals surface area contributed by atoms with Gasteiger partial charge in [0.2, 0.25) is 0 Å². The summed E-state index contributed by atoms with van der Waals surface area (Å²) in [6, 6.07) is 17.0. The smallest absolute Gasteiger partial charge is 0.338 e. The lowest BCUT2D eigenvalue weighted by atomic mass is 9.87. The van der Waals surface area contributed by atoms with Crippen molar-refractivity contribution in [3.8, 4) is 11.1 Å². The molecule has 4 aromatic rings. The van der Waals surface area contributed by atoms with Gasteiger partial charge in [-0.3, -0.25) is 0 Å². The molecule has 0 amide bonds. The average molecular weight is 543 g/mol. The van der Waals surface area contributed by atoms with E-state index >= 15 is 0 Å². The van der Waals surface area contributed by atoms with Crippen LogP contribution in [0.3, 0.4) is 0 Å². The Balaban J connectivity index is 2.09. The summed E-state index contributed by atoms with van der Waals surface area (Å²) in [5, 5.41) is 1.98. The molecule has 4 rings (SSSR count). The van der Waals surface area contributed by atoms with Crippen LogP contribution in [-0.4, -0.2) is 50.3 Å². The number of hydrogen-bond acceptors (Lipinski definition) is 8. The Labute approximate surface area is 231 Å². The van der Waals surface area contributed by atoms with Gasteiger partial charge in [-0.15, -0.1) is 0 Å². The molecule has 0 atom stereocenters. The first-order valence-corrected chi connectivity index (χ1v) is 13.2. The molecule has 0 unspecified atom stereocenters. The van der Waals surface area contributed by atoms with Gasteiger partial charge in [0.05, 0.1) is 48.7 Å². The average Bonchev–Trinajstić information content (AvgIpc) is 2.96. The van der Waals surface area contributed by atoms with Gasteiger partial charge >= 0.3 is 23.9 Å². The van der Waals surface area contributed by atoms with Gasteiger partial charge in [-0.1, -0.05) is 36.4 Å². The summed E-state index contributed by atoms with van der Waals surface area (Å²) in [6.45, 7) is 7.50. The minimum atomic E-state index is -0.567. The minimum Gasteiger partial charge on any atom is -0.462 e. The first-order chi connectivity index (χ1) is 19.4. The molecule has 4 aromatic carbocycles. The molecule has 0 bridgehead atoms. The molecule has 206 valence electrons. The molecule has 0 saturated carbocycles. The summed E-state index contributed by atoms with van der Waals surface area (Å²) in [7, 11) is 0. The van der Waals surface area contributed by atoms with Gasteiger partial charge in [-0.2, -0.15) is 0 Å². The zero-order valence-electron chi connectivity index (χ0n) is 22.9. The summed E-state index contributed by atoms with van der Waals surface area (Å²) in [5.41, 5.74) is 2.26. The molecular weight excluding hydrogens is 512 g/mol. The maximum absolute atomic E-state index is 12.9. The van der Waals surface area contributed by atoms with E-state index in [1.165, 1.54) is 0 Å². The molecule has 8 heteroatoms. The maximum Gasteiger partial charge on any atom is 0.338 e. The van der Waals surface area contributed by atoms with Gasteiger partial charge in [-0.05, 0) is 73.9 Å². The molecule has 0 heterocycles. The number of rotatable bonds is 9. The summed E-state index contributed by atoms with van der Waals surface area (Å²) in [5.74, 6) is -2.27. The van der Waals surface area contributed by atoms with Gasteiger partial charge in [0.25, 0.3) is 0 Å². The second-order valence-electron chi connectivity index (χ2n) is 8.66. The van der Waals surface area contributed by atoms with Crippen LogP contribution in [0.5, 0.6) is 0 Å². The van der Waals surface area contributed by atoms with Crippen molar-refractivity contribution < 1.29 is 38.1 Å². The molecule has 0 saturated heterocycles. The lowest BCUT2D eigenvalue weighted by Gasteiger charge is -2.17. The third-order valence-electron chi connectivity index (χ3n) is 6.35. The van der Waals surface area contributed by atoms with E-state index < -0.39 is 23.9 Å². The van der Waals surface area contributed by atoms with Crippen LogP contribution in [0.25, 0.3) is 32.7 Å². The largest absolute Gasteiger partial charge is 0.462 e. The number of benzene rings is 4. The Morgan fingerprint density at radius 1 is 0.450 bits per heavy atom. The van der Waals surface area contributed by atoms with Crippen molar-refractivity contribution in [3.05, 3.63) is 82.9 Å². The number of carbonyl (C=O) groups is 4. The topological polar surface area (TPSA) is 105 Å². The minimum absolute atomic E-state index is 0.167. The van der Waals surface area contributed by atoms with Crippen LogP contribution in [-0.2, 0) is 18.9 Å². The Morgan fingerprint density at radius 3 is 1.05 bits per heavy atom. The first kappa shape index (κ1) is 28.3. The highest BCUT2D eigenvalue weighted by Crippen LogP contribution is 2.39. The molecule has 0 radical (unpaired) electrons. The second-order valence-corrected chi connectivity index (χ2v) is 8.66. The van der Waals surface area contributed by atoms with Gasteiger partial charge in [0.15, 0.2) is 0 Å². The monoisotopic (exact) mass is 542 g/mol. The molecule has 40 heavy (non-hydrogen) atoms. The molecule has 0 aromatic heterocycles. The van der Waals surface area contributed by atoms with Crippen LogP contribution < -0.4 is 0 Å². The zero-order chi connectivity index (χ0) is 28.8. The Morgan fingerprint density at radius 2 is 0.750 bits per heavy atom. The lowest BCUT2D eigenvalue weighted by molar-refractivity contribution is 0.0511. The summed E-state index contributed by atoms with van der Waals surface area (Å²) in [4.78, 5) is 51.7. The Hall–Kier alpha value is -4.72. The number of esters is 4. The van der Waals surface area contributed by atoms with E-state index in [1.807, 2.05) is 0 Å². The highest BCUT2D eigenvalue weighted by molar-refractivity contribution is 6.21. The highest BCUT2D eigenvalue weighted by Gasteiger charge is 2.24. The van der Waals surface area contributed by atoms with E-state index in [0.29, 0.717) is 32.7 Å². The fraction of sp³-hybridized carbons (Fsp3) is 0.250. The van der Waals surface area contributed by atoms with Crippen molar-refractivity contribution in [2.45, 2.75) is 27.7 Å². The fourth-order valence-electron chi connectivity index (χ4n) is 4.80. The van der Waals surface area contributed by atoms with Gasteiger partial charge in [0.1, 0.15) is 0 Å². The normalized spacial score (nSPS) is 10.8. The zero-order valence-corrected chi connectivity index (χ0v) is 22.9. The Bertz CT molecular complexity index is 1450. The van der Waals surface area contributed by atoms with Crippen molar-refractivity contribution in [1.29, 1.82) is 0 Å². The van der Waals surface area contributed by atoms with E-state index in [-0.39, 0.29) is 48.7 Å². The number of fused-ring (bicyclic) bond motifs is 2. The highest BCUT2D eigenvalue weighted by atomic mass is 16.5. The molecule has 0 aliphatic rings. The van der Waals surface area contributed by atoms with Gasteiger partial charge in [-0.25, -0.2) is 19.2 Å². The standard InChI is InChI=1S/C32H30O8/c1-5-37-29(33)23-13-9-11-21-19(15-17-25(27(21)23)31(35)39-7-3)20-16-18-26(32(36)40-8-4)28-22(20)12-10-14-24(28)30(34)38-6-2/h9-18H,5-8H2,1-4H3. The van der Waals surface area contributed by atoms with Crippen LogP contribution in [0, 0.1) is 0 Å². The number of hydrogen-bond donors (Lipinski definition) is 0. The van der Waals surface area contributed by atoms with Gasteiger partial charge < -0.3 is 18.9 Å². The van der Waals surface area contributed by atoms with Crippen molar-refractivity contribution >= 4 is 45.4 Å². The van der Waals surface area contributed by atoms with Crippen LogP contribution >= 0.6 is 0 Å². The van der Waals surface area contributed by atoms with E-state index in [4.69, 9.17) is 18.9 Å². The van der Waals surface area contributed by atoms with Crippen molar-refractivity contribution in [2.75, 3.05) is 26.4 Å². The van der Waals surface area contributed by atoms with E-state index in [2.05, 4.69) is 0 Å². The van der Waals surface area contributed by atoms with E-state index in [0.717, 1.165) is 0 Å². The van der Waals surface area contributed by atoms with Crippen molar-refractivity contribution in [2.24, 2.45) is 0 Å². The number of ether oxygens (including phenoxy) is 4. The van der Waals surface area contributed by atoms with Crippen LogP contribution in [0.15, 0.2) is 60.7 Å². The number of carbonyl (C=O) groups excluding carboxylic acids is 4. The lowest BCUT2D eigenvalue weighted by Crippen LogP contribution is -2.11. The van der Waals surface area contributed by atoms with Crippen molar-refractivity contribution in [3.63, 3.8) is 0 Å². The van der Waals surface area contributed by atoms with Crippen LogP contribution in [0.4, 0.5) is 0 Å². The molecule has 0 aliphatic heterocycles. The molecular formula is C32H30O8. The fourth-order valence-corrected chi connectivity index (χ4v) is 4.80. The van der Waals surface area contributed by atoms with E-state index in [1.54, 1.807) is 88.4 Å². The summed E-state index contributed by atoms with van der Waals surface area (Å²) >= 11 is 0. The molecule has 0 N–H and O–H groups in total. The summed E-state index contributed by atoms with van der Waals surface area (Å²) in [6.07, 6.45) is 0. The van der Waals surface area contributed by atoms with Gasteiger partial charge in [0, 0.05) is 10.8 Å². The van der Waals surface area contributed by atoms with Crippen LogP contribution in [0.1, 0.15) is 69.1 Å².